The van der Waals surface area contributed by atoms with E-state index in [9.17, 15) is 13.2 Å². The number of hydrogen-bond acceptors (Lipinski definition) is 3. The first-order valence-electron chi connectivity index (χ1n) is 6.68. The number of ketones is 1. The minimum Gasteiger partial charge on any atom is -0.295 e. The number of nitrogens with one attached hydrogen (secondary N) is 1. The molecule has 1 N–H and O–H groups in total. The molecule has 116 valence electrons. The topological polar surface area (TPSA) is 63.2 Å². The van der Waals surface area contributed by atoms with E-state index in [4.69, 9.17) is 11.6 Å². The van der Waals surface area contributed by atoms with E-state index >= 15 is 0 Å². The lowest BCUT2D eigenvalue weighted by Crippen LogP contribution is -2.27. The van der Waals surface area contributed by atoms with Gasteiger partial charge in [-0.05, 0) is 43.7 Å². The normalized spacial score (nSPS) is 12.9. The Morgan fingerprint density at radius 1 is 1.14 bits per heavy atom. The fourth-order valence-electron chi connectivity index (χ4n) is 2.00. The minimum atomic E-state index is -3.71. The molecule has 0 amide bonds. The van der Waals surface area contributed by atoms with Crippen molar-refractivity contribution in [1.29, 1.82) is 0 Å². The van der Waals surface area contributed by atoms with Gasteiger partial charge in [0.05, 0.1) is 4.90 Å². The predicted molar refractivity (Wildman–Crippen MR) is 86.6 cm³/mol. The molecule has 2 rings (SSSR count). The fraction of sp³-hybridized carbons (Fsp3) is 0.188. The average molecular weight is 338 g/mol. The fourth-order valence-corrected chi connectivity index (χ4v) is 3.41. The van der Waals surface area contributed by atoms with Gasteiger partial charge in [-0.15, -0.1) is 0 Å². The number of rotatable bonds is 5. The van der Waals surface area contributed by atoms with Crippen molar-refractivity contribution < 1.29 is 13.2 Å². The molecule has 0 saturated heterocycles. The molecule has 0 fully saturated rings. The van der Waals surface area contributed by atoms with Crippen LogP contribution in [-0.4, -0.2) is 14.2 Å². The third-order valence-corrected chi connectivity index (χ3v) is 5.04. The van der Waals surface area contributed by atoms with Crippen molar-refractivity contribution in [3.8, 4) is 0 Å². The summed E-state index contributed by atoms with van der Waals surface area (Å²) in [6.07, 6.45) is 0. The molecule has 1 unspecified atom stereocenters. The molecule has 0 heterocycles. The van der Waals surface area contributed by atoms with E-state index < -0.39 is 16.1 Å². The highest BCUT2D eigenvalue weighted by Gasteiger charge is 2.19. The van der Waals surface area contributed by atoms with Crippen LogP contribution in [0, 0.1) is 0 Å². The molecule has 0 aliphatic rings. The molecular weight excluding hydrogens is 322 g/mol. The number of halogens is 1. The van der Waals surface area contributed by atoms with Crippen LogP contribution in [0.1, 0.15) is 35.8 Å². The van der Waals surface area contributed by atoms with Crippen molar-refractivity contribution in [2.45, 2.75) is 24.8 Å². The van der Waals surface area contributed by atoms with Crippen molar-refractivity contribution in [1.82, 2.24) is 4.72 Å². The van der Waals surface area contributed by atoms with Gasteiger partial charge in [-0.3, -0.25) is 4.79 Å². The van der Waals surface area contributed by atoms with E-state index in [1.54, 1.807) is 43.3 Å². The van der Waals surface area contributed by atoms with E-state index in [0.29, 0.717) is 10.6 Å². The van der Waals surface area contributed by atoms with E-state index in [1.807, 2.05) is 0 Å². The first kappa shape index (κ1) is 16.7. The van der Waals surface area contributed by atoms with Gasteiger partial charge in [0, 0.05) is 16.6 Å². The van der Waals surface area contributed by atoms with Crippen LogP contribution in [0.4, 0.5) is 0 Å². The summed E-state index contributed by atoms with van der Waals surface area (Å²) in [6, 6.07) is 12.5. The van der Waals surface area contributed by atoms with Crippen molar-refractivity contribution in [2.24, 2.45) is 0 Å². The Labute approximate surface area is 135 Å². The van der Waals surface area contributed by atoms with E-state index in [-0.39, 0.29) is 10.7 Å². The van der Waals surface area contributed by atoms with E-state index in [0.717, 1.165) is 5.56 Å². The molecule has 0 radical (unpaired) electrons. The highest BCUT2D eigenvalue weighted by molar-refractivity contribution is 7.89. The van der Waals surface area contributed by atoms with Crippen LogP contribution in [0.15, 0.2) is 53.4 Å². The van der Waals surface area contributed by atoms with Gasteiger partial charge < -0.3 is 0 Å². The summed E-state index contributed by atoms with van der Waals surface area (Å²) in [5.41, 5.74) is 1.16. The lowest BCUT2D eigenvalue weighted by atomic mass is 10.1. The Morgan fingerprint density at radius 2 is 1.77 bits per heavy atom. The van der Waals surface area contributed by atoms with E-state index in [1.165, 1.54) is 19.1 Å². The Bertz CT molecular complexity index is 785. The molecule has 0 bridgehead atoms. The summed E-state index contributed by atoms with van der Waals surface area (Å²) >= 11 is 5.82. The molecule has 0 aromatic heterocycles. The maximum Gasteiger partial charge on any atom is 0.241 e. The van der Waals surface area contributed by atoms with Crippen LogP contribution < -0.4 is 4.72 Å². The van der Waals surface area contributed by atoms with Gasteiger partial charge in [0.25, 0.3) is 0 Å². The van der Waals surface area contributed by atoms with Gasteiger partial charge >= 0.3 is 0 Å². The number of Topliss-reactive ketones (excluding diaryl/α,β-unsaturated/α-hetero) is 1. The highest BCUT2D eigenvalue weighted by atomic mass is 35.5. The number of sulfonamides is 1. The number of hydrogen-bond donors (Lipinski definition) is 1. The maximum absolute atomic E-state index is 12.4. The third kappa shape index (κ3) is 3.94. The quantitative estimate of drug-likeness (QED) is 0.848. The Balaban J connectivity index is 2.25. The zero-order valence-corrected chi connectivity index (χ0v) is 13.8. The number of benzene rings is 2. The first-order chi connectivity index (χ1) is 10.3. The van der Waals surface area contributed by atoms with Gasteiger partial charge in [0.2, 0.25) is 10.0 Å². The highest BCUT2D eigenvalue weighted by Crippen LogP contribution is 2.19. The Morgan fingerprint density at radius 3 is 2.36 bits per heavy atom. The molecule has 0 saturated carbocycles. The van der Waals surface area contributed by atoms with Crippen LogP contribution in [0.3, 0.4) is 0 Å². The monoisotopic (exact) mass is 337 g/mol. The summed E-state index contributed by atoms with van der Waals surface area (Å²) < 4.78 is 27.4. The maximum atomic E-state index is 12.4. The molecule has 0 aliphatic heterocycles. The zero-order valence-electron chi connectivity index (χ0n) is 12.2. The van der Waals surface area contributed by atoms with Gasteiger partial charge in [0.15, 0.2) is 5.78 Å². The average Bonchev–Trinajstić information content (AvgIpc) is 2.47. The third-order valence-electron chi connectivity index (χ3n) is 3.25. The summed E-state index contributed by atoms with van der Waals surface area (Å²) in [7, 11) is -3.71. The van der Waals surface area contributed by atoms with Crippen molar-refractivity contribution in [3.05, 3.63) is 64.7 Å². The lowest BCUT2D eigenvalue weighted by molar-refractivity contribution is 0.101. The standard InChI is InChI=1S/C16H16ClNO3S/c1-11(13-6-8-15(17)9-7-13)18-22(20,21)16-5-3-4-14(10-16)12(2)19/h3-11,18H,1-2H3. The van der Waals surface area contributed by atoms with Crippen molar-refractivity contribution in [3.63, 3.8) is 0 Å². The van der Waals surface area contributed by atoms with E-state index in [2.05, 4.69) is 4.72 Å². The van der Waals surface area contributed by atoms with Crippen LogP contribution in [0.2, 0.25) is 5.02 Å². The van der Waals surface area contributed by atoms with Crippen LogP contribution in [0.25, 0.3) is 0 Å². The smallest absolute Gasteiger partial charge is 0.241 e. The Hall–Kier alpha value is -1.69. The van der Waals surface area contributed by atoms with Gasteiger partial charge in [-0.25, -0.2) is 13.1 Å². The predicted octanol–water partition coefficient (Wildman–Crippen LogP) is 3.58. The molecule has 6 heteroatoms. The lowest BCUT2D eigenvalue weighted by Gasteiger charge is -2.15. The second-order valence-corrected chi connectivity index (χ2v) is 7.13. The SMILES string of the molecule is CC(=O)c1cccc(S(=O)(=O)NC(C)c2ccc(Cl)cc2)c1. The zero-order chi connectivity index (χ0) is 16.3. The Kier molecular flexibility index (Phi) is 5.01. The first-order valence-corrected chi connectivity index (χ1v) is 8.54. The summed E-state index contributed by atoms with van der Waals surface area (Å²) in [5.74, 6) is -0.178. The second kappa shape index (κ2) is 6.60. The number of carbonyl (C=O) groups excluding carboxylic acids is 1. The summed E-state index contributed by atoms with van der Waals surface area (Å²) in [4.78, 5) is 11.4. The molecule has 2 aromatic rings. The number of carbonyl (C=O) groups is 1. The van der Waals surface area contributed by atoms with Gasteiger partial charge in [-0.1, -0.05) is 35.9 Å². The van der Waals surface area contributed by atoms with Crippen LogP contribution in [0.5, 0.6) is 0 Å². The van der Waals surface area contributed by atoms with Crippen LogP contribution in [-0.2, 0) is 10.0 Å². The summed E-state index contributed by atoms with van der Waals surface area (Å²) in [6.45, 7) is 3.14. The van der Waals surface area contributed by atoms with Crippen LogP contribution >= 0.6 is 11.6 Å². The largest absolute Gasteiger partial charge is 0.295 e. The van der Waals surface area contributed by atoms with Crippen molar-refractivity contribution in [2.75, 3.05) is 0 Å². The van der Waals surface area contributed by atoms with Crippen molar-refractivity contribution >= 4 is 27.4 Å². The van der Waals surface area contributed by atoms with Gasteiger partial charge in [0.1, 0.15) is 0 Å². The molecular formula is C16H16ClNO3S. The molecule has 0 spiro atoms. The molecule has 2 aromatic carbocycles. The van der Waals surface area contributed by atoms with Gasteiger partial charge in [-0.2, -0.15) is 0 Å². The molecule has 1 atom stereocenters. The minimum absolute atomic E-state index is 0.0704. The second-order valence-electron chi connectivity index (χ2n) is 4.98. The molecule has 0 aliphatic carbocycles. The molecule has 4 nitrogen and oxygen atoms in total. The summed E-state index contributed by atoms with van der Waals surface area (Å²) in [5, 5.41) is 0.591. The molecule has 22 heavy (non-hydrogen) atoms.